The molecule has 4 heteroatoms. The molecule has 0 saturated carbocycles. The minimum Gasteiger partial charge on any atom is -0.478 e. The van der Waals surface area contributed by atoms with Crippen LogP contribution < -0.4 is 4.74 Å². The second-order valence-corrected chi connectivity index (χ2v) is 9.73. The van der Waals surface area contributed by atoms with E-state index in [1.807, 2.05) is 25.1 Å². The highest BCUT2D eigenvalue weighted by Gasteiger charge is 2.39. The van der Waals surface area contributed by atoms with Crippen LogP contribution in [-0.2, 0) is 6.42 Å². The van der Waals surface area contributed by atoms with Crippen molar-refractivity contribution < 1.29 is 14.6 Å². The van der Waals surface area contributed by atoms with Gasteiger partial charge in [-0.05, 0) is 73.1 Å². The van der Waals surface area contributed by atoms with Gasteiger partial charge in [-0.3, -0.25) is 4.99 Å². The largest absolute Gasteiger partial charge is 0.478 e. The van der Waals surface area contributed by atoms with E-state index >= 15 is 0 Å². The molecule has 1 N–H and O–H groups in total. The van der Waals surface area contributed by atoms with Gasteiger partial charge in [-0.2, -0.15) is 0 Å². The molecule has 0 bridgehead atoms. The van der Waals surface area contributed by atoms with Crippen LogP contribution in [0.5, 0.6) is 5.75 Å². The summed E-state index contributed by atoms with van der Waals surface area (Å²) in [5, 5.41) is 10.2. The molecule has 0 amide bonds. The van der Waals surface area contributed by atoms with Crippen molar-refractivity contribution in [1.82, 2.24) is 0 Å². The monoisotopic (exact) mass is 457 g/mol. The van der Waals surface area contributed by atoms with Crippen LogP contribution in [0.1, 0.15) is 91.1 Å². The Bertz CT molecular complexity index is 1220. The summed E-state index contributed by atoms with van der Waals surface area (Å²) in [4.78, 5) is 17.1. The van der Waals surface area contributed by atoms with Gasteiger partial charge in [0.05, 0.1) is 11.3 Å². The molecule has 2 aromatic carbocycles. The summed E-state index contributed by atoms with van der Waals surface area (Å²) in [5.74, 6) is 0.811. The van der Waals surface area contributed by atoms with Gasteiger partial charge in [-0.1, -0.05) is 51.5 Å². The highest BCUT2D eigenvalue weighted by molar-refractivity contribution is 6.09. The van der Waals surface area contributed by atoms with E-state index in [2.05, 4.69) is 63.9 Å². The van der Waals surface area contributed by atoms with Gasteiger partial charge in [0.15, 0.2) is 0 Å². The number of fused-ring (bicyclic) bond motifs is 2. The predicted molar refractivity (Wildman–Crippen MR) is 138 cm³/mol. The van der Waals surface area contributed by atoms with E-state index in [1.165, 1.54) is 11.1 Å². The topological polar surface area (TPSA) is 58.9 Å². The molecular formula is C30H35NO3. The van der Waals surface area contributed by atoms with Gasteiger partial charge >= 0.3 is 5.97 Å². The van der Waals surface area contributed by atoms with E-state index < -0.39 is 5.97 Å². The van der Waals surface area contributed by atoms with Gasteiger partial charge in [0, 0.05) is 30.0 Å². The molecule has 0 aromatic heterocycles. The third kappa shape index (κ3) is 4.34. The van der Waals surface area contributed by atoms with E-state index in [9.17, 15) is 9.90 Å². The standard InChI is InChI=1S/C30H35NO3/c1-7-9-21-15-27-24(12-18(21)5)29(22-11-10-20(17(3)4)14-23(22)30(32)33)25-13-19(6)26(31-8-2)16-28(25)34-27/h10-17,25,29H,7-9H2,1-6H3,(H,32,33)/b31-26-. The number of aromatic carboxylic acids is 1. The summed E-state index contributed by atoms with van der Waals surface area (Å²) < 4.78 is 6.51. The lowest BCUT2D eigenvalue weighted by molar-refractivity contribution is 0.0694. The van der Waals surface area contributed by atoms with E-state index in [0.717, 1.165) is 52.3 Å². The third-order valence-corrected chi connectivity index (χ3v) is 6.99. The second-order valence-electron chi connectivity index (χ2n) is 9.73. The first-order valence-electron chi connectivity index (χ1n) is 12.4. The zero-order valence-corrected chi connectivity index (χ0v) is 21.1. The first-order chi connectivity index (χ1) is 16.2. The number of rotatable bonds is 6. The van der Waals surface area contributed by atoms with Crippen LogP contribution in [0.3, 0.4) is 0 Å². The molecule has 0 spiro atoms. The number of aryl methyl sites for hydroxylation is 2. The molecule has 0 saturated heterocycles. The Morgan fingerprint density at radius 3 is 2.53 bits per heavy atom. The molecule has 2 unspecified atom stereocenters. The molecule has 1 aliphatic carbocycles. The lowest BCUT2D eigenvalue weighted by Crippen LogP contribution is -2.29. The number of hydrogen-bond donors (Lipinski definition) is 1. The Hall–Kier alpha value is -3.14. The number of carbonyl (C=O) groups is 1. The Morgan fingerprint density at radius 2 is 1.88 bits per heavy atom. The minimum atomic E-state index is -0.889. The maximum Gasteiger partial charge on any atom is 0.335 e. The minimum absolute atomic E-state index is 0.0808. The average Bonchev–Trinajstić information content (AvgIpc) is 2.79. The number of nitrogens with zero attached hydrogens (tertiary/aromatic N) is 1. The molecule has 2 atom stereocenters. The Kier molecular flexibility index (Phi) is 6.79. The molecule has 2 aromatic rings. The highest BCUT2D eigenvalue weighted by Crippen LogP contribution is 2.49. The number of carboxylic acids is 1. The maximum absolute atomic E-state index is 12.4. The number of hydrogen-bond acceptors (Lipinski definition) is 3. The average molecular weight is 458 g/mol. The van der Waals surface area contributed by atoms with Crippen molar-refractivity contribution >= 4 is 11.7 Å². The summed E-state index contributed by atoms with van der Waals surface area (Å²) in [5.41, 5.74) is 7.83. The van der Waals surface area contributed by atoms with Crippen molar-refractivity contribution in [3.63, 3.8) is 0 Å². The summed E-state index contributed by atoms with van der Waals surface area (Å²) in [7, 11) is 0. The van der Waals surface area contributed by atoms with Crippen molar-refractivity contribution in [2.45, 2.75) is 66.2 Å². The second kappa shape index (κ2) is 9.61. The summed E-state index contributed by atoms with van der Waals surface area (Å²) in [6.45, 7) is 13.3. The number of ether oxygens (including phenoxy) is 1. The third-order valence-electron chi connectivity index (χ3n) is 6.99. The smallest absolute Gasteiger partial charge is 0.335 e. The van der Waals surface area contributed by atoms with E-state index in [-0.39, 0.29) is 17.8 Å². The molecule has 1 aliphatic heterocycles. The van der Waals surface area contributed by atoms with Crippen molar-refractivity contribution in [3.05, 3.63) is 87.2 Å². The van der Waals surface area contributed by atoms with Gasteiger partial charge < -0.3 is 9.84 Å². The van der Waals surface area contributed by atoms with Crippen LogP contribution in [0.15, 0.2) is 58.8 Å². The van der Waals surface area contributed by atoms with Crippen molar-refractivity contribution in [1.29, 1.82) is 0 Å². The predicted octanol–water partition coefficient (Wildman–Crippen LogP) is 7.21. The lowest BCUT2D eigenvalue weighted by Gasteiger charge is -2.37. The van der Waals surface area contributed by atoms with Crippen LogP contribution >= 0.6 is 0 Å². The van der Waals surface area contributed by atoms with Crippen LogP contribution in [0, 0.1) is 12.8 Å². The number of carboxylic acid groups (broad SMARTS) is 1. The highest BCUT2D eigenvalue weighted by atomic mass is 16.5. The normalized spacial score (nSPS) is 20.4. The Labute approximate surface area is 203 Å². The Morgan fingerprint density at radius 1 is 1.12 bits per heavy atom. The number of allylic oxidation sites excluding steroid dienone is 3. The van der Waals surface area contributed by atoms with Crippen molar-refractivity contribution in [3.8, 4) is 5.75 Å². The molecule has 1 heterocycles. The maximum atomic E-state index is 12.4. The van der Waals surface area contributed by atoms with Crippen LogP contribution in [0.25, 0.3) is 0 Å². The van der Waals surface area contributed by atoms with Gasteiger partial charge in [0.25, 0.3) is 0 Å². The zero-order chi connectivity index (χ0) is 24.6. The van der Waals surface area contributed by atoms with E-state index in [4.69, 9.17) is 4.74 Å². The molecule has 4 nitrogen and oxygen atoms in total. The fourth-order valence-electron chi connectivity index (χ4n) is 5.17. The van der Waals surface area contributed by atoms with Crippen LogP contribution in [0.2, 0.25) is 0 Å². The number of aliphatic imine (C=N–C) groups is 1. The first-order valence-corrected chi connectivity index (χ1v) is 12.4. The quantitative estimate of drug-likeness (QED) is 0.498. The summed E-state index contributed by atoms with van der Waals surface area (Å²) >= 11 is 0. The fourth-order valence-corrected chi connectivity index (χ4v) is 5.17. The molecular weight excluding hydrogens is 422 g/mol. The molecule has 34 heavy (non-hydrogen) atoms. The van der Waals surface area contributed by atoms with Crippen molar-refractivity contribution in [2.75, 3.05) is 6.54 Å². The number of benzene rings is 2. The van der Waals surface area contributed by atoms with Gasteiger partial charge in [0.1, 0.15) is 11.5 Å². The Balaban J connectivity index is 1.97. The fraction of sp³-hybridized carbons (Fsp3) is 0.400. The lowest BCUT2D eigenvalue weighted by atomic mass is 9.72. The van der Waals surface area contributed by atoms with Gasteiger partial charge in [-0.25, -0.2) is 4.79 Å². The van der Waals surface area contributed by atoms with Gasteiger partial charge in [-0.15, -0.1) is 0 Å². The van der Waals surface area contributed by atoms with Crippen LogP contribution in [-0.4, -0.2) is 23.3 Å². The summed E-state index contributed by atoms with van der Waals surface area (Å²) in [6.07, 6.45) is 6.29. The van der Waals surface area contributed by atoms with E-state index in [1.54, 1.807) is 0 Å². The SMILES string of the molecule is CCCc1cc2c(cc1C)C(c1ccc(C(C)C)cc1C(=O)O)C1C=C(C)/C(=N\CC)C=C1O2. The molecule has 0 fully saturated rings. The van der Waals surface area contributed by atoms with E-state index in [0.29, 0.717) is 12.1 Å². The summed E-state index contributed by atoms with van der Waals surface area (Å²) in [6, 6.07) is 10.3. The molecule has 0 radical (unpaired) electrons. The first kappa shape index (κ1) is 24.0. The molecule has 4 rings (SSSR count). The van der Waals surface area contributed by atoms with Crippen LogP contribution in [0.4, 0.5) is 0 Å². The molecule has 2 aliphatic rings. The molecule has 178 valence electrons. The van der Waals surface area contributed by atoms with Gasteiger partial charge in [0.2, 0.25) is 0 Å². The zero-order valence-electron chi connectivity index (χ0n) is 21.1. The van der Waals surface area contributed by atoms with Crippen molar-refractivity contribution in [2.24, 2.45) is 10.9 Å².